The highest BCUT2D eigenvalue weighted by Gasteiger charge is 2.28. The summed E-state index contributed by atoms with van der Waals surface area (Å²) < 4.78 is 1.22. The van der Waals surface area contributed by atoms with Gasteiger partial charge in [-0.05, 0) is 43.2 Å². The van der Waals surface area contributed by atoms with E-state index in [0.717, 1.165) is 31.4 Å². The van der Waals surface area contributed by atoms with Crippen molar-refractivity contribution in [1.82, 2.24) is 4.98 Å². The second kappa shape index (κ2) is 8.27. The summed E-state index contributed by atoms with van der Waals surface area (Å²) in [7, 11) is 0. The highest BCUT2D eigenvalue weighted by molar-refractivity contribution is 7.18. The number of aromatic nitrogens is 1. The summed E-state index contributed by atoms with van der Waals surface area (Å²) in [5.74, 6) is 0.286. The maximum Gasteiger partial charge on any atom is 0.279 e. The molecule has 5 nitrogen and oxygen atoms in total. The van der Waals surface area contributed by atoms with Crippen LogP contribution >= 0.6 is 22.9 Å². The Bertz CT molecular complexity index is 1020. The Hall–Kier alpha value is -2.46. The average molecular weight is 412 g/mol. The molecule has 2 atom stereocenters. The number of halogens is 1. The van der Waals surface area contributed by atoms with Crippen LogP contribution in [0, 0.1) is 11.3 Å². The molecule has 1 aromatic heterocycles. The summed E-state index contributed by atoms with van der Waals surface area (Å²) in [6.07, 6.45) is 2.18. The Morgan fingerprint density at radius 1 is 1.36 bits per heavy atom. The van der Waals surface area contributed by atoms with Crippen molar-refractivity contribution in [3.05, 3.63) is 58.1 Å². The molecule has 1 aliphatic heterocycles. The average Bonchev–Trinajstić information content (AvgIpc) is 3.13. The minimum Gasteiger partial charge on any atom is -0.327 e. The minimum absolute atomic E-state index is 0.0984. The van der Waals surface area contributed by atoms with Gasteiger partial charge in [-0.1, -0.05) is 23.7 Å². The number of para-hydroxylation sites is 1. The number of nitrogens with one attached hydrogen (secondary N) is 2. The maximum absolute atomic E-state index is 12.5. The molecule has 2 aromatic carbocycles. The Balaban J connectivity index is 1.42. The second-order valence-corrected chi connectivity index (χ2v) is 8.59. The second-order valence-electron chi connectivity index (χ2n) is 7.09. The first kappa shape index (κ1) is 18.9. The van der Waals surface area contributed by atoms with Gasteiger partial charge in [-0.3, -0.25) is 4.79 Å². The number of benzene rings is 2. The number of likely N-dealkylation sites (tertiary alicyclic amines) is 1. The number of amides is 1. The van der Waals surface area contributed by atoms with E-state index in [9.17, 15) is 10.1 Å². The van der Waals surface area contributed by atoms with Crippen molar-refractivity contribution >= 4 is 44.7 Å². The van der Waals surface area contributed by atoms with E-state index >= 15 is 0 Å². The Morgan fingerprint density at radius 2 is 2.21 bits per heavy atom. The topological polar surface area (TPSA) is 70.2 Å². The van der Waals surface area contributed by atoms with Crippen molar-refractivity contribution in [1.29, 1.82) is 5.26 Å². The van der Waals surface area contributed by atoms with Crippen LogP contribution in [-0.2, 0) is 4.79 Å². The van der Waals surface area contributed by atoms with Crippen molar-refractivity contribution in [2.75, 3.05) is 25.0 Å². The van der Waals surface area contributed by atoms with E-state index in [1.54, 1.807) is 29.5 Å². The van der Waals surface area contributed by atoms with Gasteiger partial charge in [-0.2, -0.15) is 5.26 Å². The Kier molecular flexibility index (Phi) is 5.58. The molecule has 1 saturated heterocycles. The monoisotopic (exact) mass is 411 g/mol. The molecule has 0 bridgehead atoms. The number of carbonyl (C=O) groups excluding carboxylic acids is 1. The number of carbonyl (C=O) groups is 1. The van der Waals surface area contributed by atoms with Crippen molar-refractivity contribution in [2.45, 2.75) is 18.8 Å². The van der Waals surface area contributed by atoms with Crippen LogP contribution in [0.2, 0.25) is 5.02 Å². The third kappa shape index (κ3) is 4.17. The van der Waals surface area contributed by atoms with Gasteiger partial charge in [-0.15, -0.1) is 11.3 Å². The molecule has 0 aliphatic carbocycles. The summed E-state index contributed by atoms with van der Waals surface area (Å²) in [5.41, 5.74) is 1.94. The molecule has 1 amide bonds. The van der Waals surface area contributed by atoms with Gasteiger partial charge in [0.1, 0.15) is 11.1 Å². The number of anilines is 1. The zero-order valence-electron chi connectivity index (χ0n) is 15.2. The molecule has 1 fully saturated rings. The van der Waals surface area contributed by atoms with E-state index in [1.807, 2.05) is 18.2 Å². The first-order valence-electron chi connectivity index (χ1n) is 9.31. The molecule has 7 heteroatoms. The maximum atomic E-state index is 12.5. The fraction of sp³-hybridized carbons (Fsp3) is 0.286. The first-order valence-corrected chi connectivity index (χ1v) is 10.5. The third-order valence-electron chi connectivity index (χ3n) is 5.06. The van der Waals surface area contributed by atoms with E-state index < -0.39 is 0 Å². The van der Waals surface area contributed by atoms with Crippen molar-refractivity contribution in [3.63, 3.8) is 0 Å². The van der Waals surface area contributed by atoms with Crippen LogP contribution in [0.25, 0.3) is 10.2 Å². The molecule has 0 radical (unpaired) electrons. The summed E-state index contributed by atoms with van der Waals surface area (Å²) in [5, 5.41) is 13.7. The highest BCUT2D eigenvalue weighted by atomic mass is 35.5. The van der Waals surface area contributed by atoms with Crippen molar-refractivity contribution in [3.8, 4) is 6.07 Å². The van der Waals surface area contributed by atoms with Crippen LogP contribution in [0.1, 0.15) is 29.3 Å². The van der Waals surface area contributed by atoms with Gasteiger partial charge in [0.05, 0.1) is 40.5 Å². The van der Waals surface area contributed by atoms with E-state index in [4.69, 9.17) is 16.6 Å². The molecular formula is C21H20ClN4OS+. The lowest BCUT2D eigenvalue weighted by Gasteiger charge is -2.28. The summed E-state index contributed by atoms with van der Waals surface area (Å²) >= 11 is 7.76. The molecule has 1 aliphatic rings. The van der Waals surface area contributed by atoms with Crippen LogP contribution in [0.5, 0.6) is 0 Å². The van der Waals surface area contributed by atoms with Crippen LogP contribution in [-0.4, -0.2) is 30.5 Å². The molecular weight excluding hydrogens is 392 g/mol. The number of thiazole rings is 1. The zero-order valence-corrected chi connectivity index (χ0v) is 16.8. The van der Waals surface area contributed by atoms with E-state index in [0.29, 0.717) is 28.7 Å². The van der Waals surface area contributed by atoms with Crippen LogP contribution in [0.3, 0.4) is 0 Å². The summed E-state index contributed by atoms with van der Waals surface area (Å²) in [6.45, 7) is 2.24. The quantitative estimate of drug-likeness (QED) is 0.692. The van der Waals surface area contributed by atoms with E-state index in [1.165, 1.54) is 14.6 Å². The fourth-order valence-electron chi connectivity index (χ4n) is 3.73. The first-order chi connectivity index (χ1) is 13.6. The van der Waals surface area contributed by atoms with Crippen molar-refractivity contribution < 1.29 is 9.69 Å². The fourth-order valence-corrected chi connectivity index (χ4v) is 5.00. The van der Waals surface area contributed by atoms with Crippen molar-refractivity contribution in [2.24, 2.45) is 0 Å². The van der Waals surface area contributed by atoms with E-state index in [-0.39, 0.29) is 5.91 Å². The highest BCUT2D eigenvalue weighted by Crippen LogP contribution is 2.30. The number of nitriles is 1. The SMILES string of the molecule is N#Cc1ccc(Cl)cc1NC(=O)C[NH+]1CCC[C@@H](c2nc3ccccc3s2)C1. The van der Waals surface area contributed by atoms with Gasteiger partial charge in [-0.25, -0.2) is 4.98 Å². The van der Waals surface area contributed by atoms with Gasteiger partial charge in [0.2, 0.25) is 0 Å². The number of rotatable bonds is 4. The molecule has 2 N–H and O–H groups in total. The molecule has 142 valence electrons. The lowest BCUT2D eigenvalue weighted by atomic mass is 9.99. The lowest BCUT2D eigenvalue weighted by molar-refractivity contribution is -0.898. The van der Waals surface area contributed by atoms with Gasteiger partial charge in [0.25, 0.3) is 5.91 Å². The third-order valence-corrected chi connectivity index (χ3v) is 6.50. The summed E-state index contributed by atoms with van der Waals surface area (Å²) in [4.78, 5) is 18.6. The lowest BCUT2D eigenvalue weighted by Crippen LogP contribution is -3.14. The molecule has 28 heavy (non-hydrogen) atoms. The number of fused-ring (bicyclic) bond motifs is 1. The minimum atomic E-state index is -0.0984. The van der Waals surface area contributed by atoms with E-state index in [2.05, 4.69) is 17.5 Å². The Labute approximate surface area is 172 Å². The predicted octanol–water partition coefficient (Wildman–Crippen LogP) is 3.22. The number of hydrogen-bond acceptors (Lipinski definition) is 4. The van der Waals surface area contributed by atoms with Gasteiger partial charge >= 0.3 is 0 Å². The number of piperidine rings is 1. The molecule has 2 heterocycles. The van der Waals surface area contributed by atoms with Gasteiger partial charge in [0.15, 0.2) is 6.54 Å². The summed E-state index contributed by atoms with van der Waals surface area (Å²) in [6, 6.07) is 15.2. The van der Waals surface area contributed by atoms with Crippen LogP contribution in [0.15, 0.2) is 42.5 Å². The molecule has 1 unspecified atom stereocenters. The number of quaternary nitrogens is 1. The largest absolute Gasteiger partial charge is 0.327 e. The standard InChI is InChI=1S/C21H19ClN4OS/c22-16-8-7-14(11-23)18(10-16)24-20(27)13-26-9-3-4-15(12-26)21-25-17-5-1-2-6-19(17)28-21/h1-2,5-8,10,15H,3-4,9,12-13H2,(H,24,27)/p+1/t15-/m1/s1. The molecule has 0 saturated carbocycles. The number of nitrogens with zero attached hydrogens (tertiary/aromatic N) is 2. The molecule has 4 rings (SSSR count). The molecule has 3 aromatic rings. The van der Waals surface area contributed by atoms with Gasteiger partial charge in [0, 0.05) is 5.02 Å². The Morgan fingerprint density at radius 3 is 3.04 bits per heavy atom. The normalized spacial score (nSPS) is 19.3. The predicted molar refractivity (Wildman–Crippen MR) is 112 cm³/mol. The zero-order chi connectivity index (χ0) is 19.5. The van der Waals surface area contributed by atoms with Crippen LogP contribution in [0.4, 0.5) is 5.69 Å². The van der Waals surface area contributed by atoms with Gasteiger partial charge < -0.3 is 10.2 Å². The van der Waals surface area contributed by atoms with Crippen LogP contribution < -0.4 is 10.2 Å². The number of hydrogen-bond donors (Lipinski definition) is 2. The smallest absolute Gasteiger partial charge is 0.279 e. The molecule has 0 spiro atoms.